The van der Waals surface area contributed by atoms with E-state index in [2.05, 4.69) is 0 Å². The minimum Gasteiger partial charge on any atom is -0.497 e. The molecule has 3 aromatic carbocycles. The highest BCUT2D eigenvalue weighted by Gasteiger charge is 2.16. The number of rotatable bonds is 5. The molecule has 0 aliphatic heterocycles. The molecule has 0 N–H and O–H groups in total. The number of fused-ring (bicyclic) bond motifs is 2. The molecule has 0 aliphatic rings. The van der Waals surface area contributed by atoms with Gasteiger partial charge in [-0.15, -0.1) is 0 Å². The van der Waals surface area contributed by atoms with Gasteiger partial charge in [0.1, 0.15) is 34.7 Å². The van der Waals surface area contributed by atoms with Crippen LogP contribution < -0.4 is 19.6 Å². The molecule has 5 rings (SSSR count). The number of benzene rings is 3. The fourth-order valence-corrected chi connectivity index (χ4v) is 3.26. The van der Waals surface area contributed by atoms with Crippen molar-refractivity contribution in [3.8, 4) is 23.0 Å². The molecule has 0 bridgehead atoms. The minimum atomic E-state index is -0.652. The summed E-state index contributed by atoms with van der Waals surface area (Å²) < 4.78 is 27.3. The quantitative estimate of drug-likeness (QED) is 0.267. The molecular weight excluding hydrogens is 412 g/mol. The zero-order chi connectivity index (χ0) is 22.1. The summed E-state index contributed by atoms with van der Waals surface area (Å²) in [6.07, 6.45) is 1.22. The summed E-state index contributed by atoms with van der Waals surface area (Å²) in [5.74, 6) is 0.706. The molecule has 0 radical (unpaired) electrons. The number of esters is 1. The summed E-state index contributed by atoms with van der Waals surface area (Å²) in [4.78, 5) is 25.3. The Balaban J connectivity index is 1.40. The van der Waals surface area contributed by atoms with Gasteiger partial charge in [-0.25, -0.2) is 4.79 Å². The Morgan fingerprint density at radius 3 is 2.53 bits per heavy atom. The summed E-state index contributed by atoms with van der Waals surface area (Å²) in [5.41, 5.74) is 0.486. The lowest BCUT2D eigenvalue weighted by molar-refractivity contribution is 0.0704. The molecule has 0 fully saturated rings. The van der Waals surface area contributed by atoms with Crippen LogP contribution in [-0.4, -0.2) is 13.1 Å². The molecule has 0 aliphatic carbocycles. The number of para-hydroxylation sites is 1. The Morgan fingerprint density at radius 2 is 1.69 bits per heavy atom. The van der Waals surface area contributed by atoms with Crippen LogP contribution in [0.4, 0.5) is 0 Å². The van der Waals surface area contributed by atoms with Crippen molar-refractivity contribution in [2.24, 2.45) is 0 Å². The zero-order valence-corrected chi connectivity index (χ0v) is 16.9. The van der Waals surface area contributed by atoms with Gasteiger partial charge in [0, 0.05) is 17.5 Å². The SMILES string of the molecule is COc1cccc(Oc2coc3cc(OC(=O)c4cc5ccccc5o4)ccc3c2=O)c1. The van der Waals surface area contributed by atoms with Gasteiger partial charge in [0.2, 0.25) is 16.9 Å². The second kappa shape index (κ2) is 7.96. The lowest BCUT2D eigenvalue weighted by atomic mass is 10.2. The molecule has 2 aromatic heterocycles. The van der Waals surface area contributed by atoms with Crippen molar-refractivity contribution in [1.29, 1.82) is 0 Å². The standard InChI is InChI=1S/C25H16O7/c1-28-16-6-4-7-17(12-16)30-23-14-29-21-13-18(9-10-19(21)24(23)26)31-25(27)22-11-15-5-2-3-8-20(15)32-22/h2-14H,1H3. The molecule has 7 nitrogen and oxygen atoms in total. The maximum Gasteiger partial charge on any atom is 0.379 e. The van der Waals surface area contributed by atoms with Crippen LogP contribution in [0.1, 0.15) is 10.6 Å². The van der Waals surface area contributed by atoms with Crippen LogP contribution in [0.15, 0.2) is 92.7 Å². The van der Waals surface area contributed by atoms with Gasteiger partial charge in [0.15, 0.2) is 0 Å². The van der Waals surface area contributed by atoms with Crippen LogP contribution in [0, 0.1) is 0 Å². The van der Waals surface area contributed by atoms with Crippen molar-refractivity contribution in [1.82, 2.24) is 0 Å². The lowest BCUT2D eigenvalue weighted by Crippen LogP contribution is -2.08. The third-order valence-corrected chi connectivity index (χ3v) is 4.82. The average Bonchev–Trinajstić information content (AvgIpc) is 3.26. The highest BCUT2D eigenvalue weighted by atomic mass is 16.5. The summed E-state index contributed by atoms with van der Waals surface area (Å²) in [6, 6.07) is 20.3. The molecule has 158 valence electrons. The van der Waals surface area contributed by atoms with E-state index in [1.807, 2.05) is 18.2 Å². The Kier molecular flexibility index (Phi) is 4.84. The van der Waals surface area contributed by atoms with Crippen molar-refractivity contribution in [2.45, 2.75) is 0 Å². The third-order valence-electron chi connectivity index (χ3n) is 4.82. The maximum absolute atomic E-state index is 12.8. The van der Waals surface area contributed by atoms with Gasteiger partial charge in [-0.1, -0.05) is 24.3 Å². The Morgan fingerprint density at radius 1 is 0.844 bits per heavy atom. The van der Waals surface area contributed by atoms with E-state index in [1.165, 1.54) is 24.5 Å². The predicted molar refractivity (Wildman–Crippen MR) is 117 cm³/mol. The topological polar surface area (TPSA) is 88.1 Å². The highest BCUT2D eigenvalue weighted by molar-refractivity contribution is 5.94. The molecule has 2 heterocycles. The number of furan rings is 1. The van der Waals surface area contributed by atoms with Gasteiger partial charge in [0.05, 0.1) is 12.5 Å². The van der Waals surface area contributed by atoms with Crippen LogP contribution in [0.5, 0.6) is 23.0 Å². The van der Waals surface area contributed by atoms with Gasteiger partial charge in [-0.3, -0.25) is 4.79 Å². The largest absolute Gasteiger partial charge is 0.497 e. The first-order valence-corrected chi connectivity index (χ1v) is 9.69. The summed E-state index contributed by atoms with van der Waals surface area (Å²) >= 11 is 0. The van der Waals surface area contributed by atoms with E-state index in [9.17, 15) is 9.59 Å². The summed E-state index contributed by atoms with van der Waals surface area (Å²) in [6.45, 7) is 0. The van der Waals surface area contributed by atoms with Gasteiger partial charge < -0.3 is 23.0 Å². The average molecular weight is 428 g/mol. The van der Waals surface area contributed by atoms with Crippen LogP contribution in [0.3, 0.4) is 0 Å². The normalized spacial score (nSPS) is 10.9. The van der Waals surface area contributed by atoms with Gasteiger partial charge >= 0.3 is 5.97 Å². The van der Waals surface area contributed by atoms with E-state index in [0.29, 0.717) is 17.1 Å². The fourth-order valence-electron chi connectivity index (χ4n) is 3.26. The van der Waals surface area contributed by atoms with E-state index >= 15 is 0 Å². The molecule has 0 unspecified atom stereocenters. The molecule has 0 saturated carbocycles. The summed E-state index contributed by atoms with van der Waals surface area (Å²) in [5, 5.41) is 1.08. The molecule has 0 spiro atoms. The smallest absolute Gasteiger partial charge is 0.379 e. The van der Waals surface area contributed by atoms with Crippen molar-refractivity contribution >= 4 is 27.9 Å². The monoisotopic (exact) mass is 428 g/mol. The Hall–Kier alpha value is -4.52. The highest BCUT2D eigenvalue weighted by Crippen LogP contribution is 2.27. The zero-order valence-electron chi connectivity index (χ0n) is 16.9. The van der Waals surface area contributed by atoms with E-state index < -0.39 is 5.97 Å². The molecule has 0 atom stereocenters. The second-order valence-electron chi connectivity index (χ2n) is 6.91. The molecule has 0 amide bonds. The van der Waals surface area contributed by atoms with Crippen molar-refractivity contribution in [2.75, 3.05) is 7.11 Å². The minimum absolute atomic E-state index is 0.0257. The van der Waals surface area contributed by atoms with Crippen molar-refractivity contribution < 1.29 is 27.8 Å². The van der Waals surface area contributed by atoms with Crippen molar-refractivity contribution in [3.63, 3.8) is 0 Å². The number of methoxy groups -OCH3 is 1. The number of hydrogen-bond acceptors (Lipinski definition) is 7. The van der Waals surface area contributed by atoms with Crippen LogP contribution in [-0.2, 0) is 0 Å². The van der Waals surface area contributed by atoms with Gasteiger partial charge in [0.25, 0.3) is 0 Å². The van der Waals surface area contributed by atoms with Crippen molar-refractivity contribution in [3.05, 3.63) is 95.0 Å². The molecule has 32 heavy (non-hydrogen) atoms. The van der Waals surface area contributed by atoms with Crippen LogP contribution in [0.25, 0.3) is 21.9 Å². The third kappa shape index (κ3) is 3.67. The number of ether oxygens (including phenoxy) is 3. The molecular formula is C25H16O7. The fraction of sp³-hybridized carbons (Fsp3) is 0.0400. The van der Waals surface area contributed by atoms with Gasteiger partial charge in [-0.2, -0.15) is 0 Å². The van der Waals surface area contributed by atoms with Gasteiger partial charge in [-0.05, 0) is 36.4 Å². The first-order valence-electron chi connectivity index (χ1n) is 9.69. The van der Waals surface area contributed by atoms with E-state index in [4.69, 9.17) is 23.0 Å². The van der Waals surface area contributed by atoms with E-state index in [-0.39, 0.29) is 33.7 Å². The summed E-state index contributed by atoms with van der Waals surface area (Å²) in [7, 11) is 1.54. The Labute approximate surface area is 181 Å². The lowest BCUT2D eigenvalue weighted by Gasteiger charge is -2.08. The number of carbonyl (C=O) groups excluding carboxylic acids is 1. The molecule has 0 saturated heterocycles. The first kappa shape index (κ1) is 19.4. The molecule has 5 aromatic rings. The van der Waals surface area contributed by atoms with Crippen LogP contribution in [0.2, 0.25) is 0 Å². The maximum atomic E-state index is 12.8. The predicted octanol–water partition coefficient (Wildman–Crippen LogP) is 5.56. The Bertz CT molecular complexity index is 1480. The molecule has 7 heteroatoms. The first-order chi connectivity index (χ1) is 15.6. The second-order valence-corrected chi connectivity index (χ2v) is 6.91. The van der Waals surface area contributed by atoms with E-state index in [1.54, 1.807) is 43.5 Å². The van der Waals surface area contributed by atoms with Crippen LogP contribution >= 0.6 is 0 Å². The number of carbonyl (C=O) groups is 1. The van der Waals surface area contributed by atoms with E-state index in [0.717, 1.165) is 5.39 Å². The number of hydrogen-bond donors (Lipinski definition) is 0.